The Balaban J connectivity index is 1.46. The number of hydrogen-bond donors (Lipinski definition) is 0. The van der Waals surface area contributed by atoms with E-state index in [4.69, 9.17) is 21.1 Å². The van der Waals surface area contributed by atoms with Crippen molar-refractivity contribution in [2.24, 2.45) is 5.92 Å². The van der Waals surface area contributed by atoms with Crippen LogP contribution in [-0.2, 0) is 14.3 Å². The lowest BCUT2D eigenvalue weighted by Crippen LogP contribution is -2.52. The number of halogens is 1. The quantitative estimate of drug-likeness (QED) is 0.787. The van der Waals surface area contributed by atoms with Crippen molar-refractivity contribution >= 4 is 23.4 Å². The first kappa shape index (κ1) is 20.0. The summed E-state index contributed by atoms with van der Waals surface area (Å²) in [5.41, 5.74) is 0. The van der Waals surface area contributed by atoms with Crippen LogP contribution in [0.25, 0.3) is 0 Å². The van der Waals surface area contributed by atoms with Gasteiger partial charge in [-0.1, -0.05) is 23.7 Å². The zero-order valence-corrected chi connectivity index (χ0v) is 16.7. The van der Waals surface area contributed by atoms with Gasteiger partial charge in [0.2, 0.25) is 5.91 Å². The highest BCUT2D eigenvalue weighted by Crippen LogP contribution is 2.24. The van der Waals surface area contributed by atoms with E-state index < -0.39 is 0 Å². The third-order valence-corrected chi connectivity index (χ3v) is 5.43. The largest absolute Gasteiger partial charge is 0.482 e. The Kier molecular flexibility index (Phi) is 6.60. The molecule has 0 N–H and O–H groups in total. The van der Waals surface area contributed by atoms with Crippen LogP contribution in [0, 0.1) is 5.92 Å². The van der Waals surface area contributed by atoms with E-state index in [1.165, 1.54) is 0 Å². The molecule has 7 heteroatoms. The Morgan fingerprint density at radius 3 is 2.37 bits per heavy atom. The molecule has 2 atom stereocenters. The van der Waals surface area contributed by atoms with E-state index in [0.29, 0.717) is 49.8 Å². The zero-order valence-electron chi connectivity index (χ0n) is 15.9. The number of benzene rings is 1. The summed E-state index contributed by atoms with van der Waals surface area (Å²) in [4.78, 5) is 28.9. The highest BCUT2D eigenvalue weighted by Gasteiger charge is 2.33. The van der Waals surface area contributed by atoms with Crippen LogP contribution in [0.15, 0.2) is 24.3 Å². The first-order valence-corrected chi connectivity index (χ1v) is 9.91. The molecule has 2 aliphatic rings. The van der Waals surface area contributed by atoms with Crippen LogP contribution in [0.5, 0.6) is 5.75 Å². The minimum absolute atomic E-state index is 0.0176. The molecular weight excluding hydrogens is 368 g/mol. The number of nitrogens with zero attached hydrogens (tertiary/aromatic N) is 2. The van der Waals surface area contributed by atoms with Crippen molar-refractivity contribution in [3.63, 3.8) is 0 Å². The maximum atomic E-state index is 12.8. The van der Waals surface area contributed by atoms with Gasteiger partial charge < -0.3 is 19.3 Å². The molecule has 0 saturated carbocycles. The molecule has 3 rings (SSSR count). The summed E-state index contributed by atoms with van der Waals surface area (Å²) >= 11 is 6.04. The average molecular weight is 395 g/mol. The standard InChI is InChI=1S/C20H27ClN2O4/c1-14-11-23(12-15(2)27-14)20(25)16-7-9-22(10-8-16)19(24)13-26-18-6-4-3-5-17(18)21/h3-6,14-16H,7-13H2,1-2H3/t14-,15-/m0/s1. The van der Waals surface area contributed by atoms with Crippen molar-refractivity contribution in [3.8, 4) is 5.75 Å². The maximum absolute atomic E-state index is 12.8. The Bertz CT molecular complexity index is 666. The number of hydrogen-bond acceptors (Lipinski definition) is 4. The molecular formula is C20H27ClN2O4. The smallest absolute Gasteiger partial charge is 0.260 e. The molecule has 1 aromatic carbocycles. The van der Waals surface area contributed by atoms with Crippen molar-refractivity contribution < 1.29 is 19.1 Å². The zero-order chi connectivity index (χ0) is 19.4. The number of para-hydroxylation sites is 1. The van der Waals surface area contributed by atoms with E-state index in [0.717, 1.165) is 0 Å². The monoisotopic (exact) mass is 394 g/mol. The van der Waals surface area contributed by atoms with Crippen molar-refractivity contribution in [2.75, 3.05) is 32.8 Å². The van der Waals surface area contributed by atoms with E-state index in [9.17, 15) is 9.59 Å². The number of carbonyl (C=O) groups is 2. The SMILES string of the molecule is C[C@H]1CN(C(=O)C2CCN(C(=O)COc3ccccc3Cl)CC2)C[C@H](C)O1. The van der Waals surface area contributed by atoms with E-state index in [1.807, 2.05) is 30.9 Å². The second-order valence-corrected chi connectivity index (χ2v) is 7.78. The molecule has 0 aromatic heterocycles. The second kappa shape index (κ2) is 8.93. The summed E-state index contributed by atoms with van der Waals surface area (Å²) < 4.78 is 11.2. The van der Waals surface area contributed by atoms with Crippen molar-refractivity contribution in [2.45, 2.75) is 38.9 Å². The summed E-state index contributed by atoms with van der Waals surface area (Å²) in [7, 11) is 0. The fraction of sp³-hybridized carbons (Fsp3) is 0.600. The highest BCUT2D eigenvalue weighted by atomic mass is 35.5. The Morgan fingerprint density at radius 2 is 1.74 bits per heavy atom. The number of carbonyl (C=O) groups excluding carboxylic acids is 2. The molecule has 2 heterocycles. The van der Waals surface area contributed by atoms with E-state index in [-0.39, 0.29) is 36.5 Å². The van der Waals surface area contributed by atoms with Crippen LogP contribution < -0.4 is 4.74 Å². The lowest BCUT2D eigenvalue weighted by Gasteiger charge is -2.39. The molecule has 2 saturated heterocycles. The van der Waals surface area contributed by atoms with Gasteiger partial charge in [-0.05, 0) is 38.8 Å². The molecule has 1 aromatic rings. The number of morpholine rings is 1. The first-order chi connectivity index (χ1) is 12.9. The van der Waals surface area contributed by atoms with Gasteiger partial charge in [0.15, 0.2) is 6.61 Å². The number of likely N-dealkylation sites (tertiary alicyclic amines) is 1. The predicted molar refractivity (Wildman–Crippen MR) is 103 cm³/mol. The maximum Gasteiger partial charge on any atom is 0.260 e. The van der Waals surface area contributed by atoms with Gasteiger partial charge in [-0.3, -0.25) is 9.59 Å². The molecule has 0 radical (unpaired) electrons. The van der Waals surface area contributed by atoms with E-state index >= 15 is 0 Å². The van der Waals surface area contributed by atoms with Gasteiger partial charge in [0.05, 0.1) is 17.2 Å². The number of rotatable bonds is 4. The van der Waals surface area contributed by atoms with Crippen molar-refractivity contribution in [3.05, 3.63) is 29.3 Å². The van der Waals surface area contributed by atoms with Crippen LogP contribution in [0.2, 0.25) is 5.02 Å². The van der Waals surface area contributed by atoms with Crippen LogP contribution in [0.3, 0.4) is 0 Å². The molecule has 27 heavy (non-hydrogen) atoms. The Labute approximate surface area is 165 Å². The fourth-order valence-corrected chi connectivity index (χ4v) is 3.97. The van der Waals surface area contributed by atoms with Crippen LogP contribution in [-0.4, -0.2) is 66.6 Å². The van der Waals surface area contributed by atoms with Crippen LogP contribution in [0.4, 0.5) is 0 Å². The number of ether oxygens (including phenoxy) is 2. The lowest BCUT2D eigenvalue weighted by molar-refractivity contribution is -0.150. The number of amides is 2. The second-order valence-electron chi connectivity index (χ2n) is 7.37. The van der Waals surface area contributed by atoms with Gasteiger partial charge in [-0.15, -0.1) is 0 Å². The summed E-state index contributed by atoms with van der Waals surface area (Å²) in [5, 5.41) is 0.489. The van der Waals surface area contributed by atoms with Crippen LogP contribution in [0.1, 0.15) is 26.7 Å². The molecule has 2 fully saturated rings. The summed E-state index contributed by atoms with van der Waals surface area (Å²) in [6.07, 6.45) is 1.52. The molecule has 0 aliphatic carbocycles. The van der Waals surface area contributed by atoms with Gasteiger partial charge >= 0.3 is 0 Å². The summed E-state index contributed by atoms with van der Waals surface area (Å²) in [5.74, 6) is 0.607. The van der Waals surface area contributed by atoms with Crippen molar-refractivity contribution in [1.82, 2.24) is 9.80 Å². The molecule has 2 aliphatic heterocycles. The molecule has 148 valence electrons. The summed E-state index contributed by atoms with van der Waals surface area (Å²) in [6.45, 7) is 6.41. The first-order valence-electron chi connectivity index (χ1n) is 9.53. The normalized spacial score (nSPS) is 24.0. The minimum atomic E-state index is -0.0746. The van der Waals surface area contributed by atoms with E-state index in [1.54, 1.807) is 17.0 Å². The number of piperidine rings is 1. The molecule has 6 nitrogen and oxygen atoms in total. The Morgan fingerprint density at radius 1 is 1.11 bits per heavy atom. The fourth-order valence-electron chi connectivity index (χ4n) is 3.78. The summed E-state index contributed by atoms with van der Waals surface area (Å²) in [6, 6.07) is 7.10. The topological polar surface area (TPSA) is 59.1 Å². The average Bonchev–Trinajstić information content (AvgIpc) is 2.66. The van der Waals surface area contributed by atoms with Crippen molar-refractivity contribution in [1.29, 1.82) is 0 Å². The highest BCUT2D eigenvalue weighted by molar-refractivity contribution is 6.32. The van der Waals surface area contributed by atoms with Gasteiger partial charge in [-0.25, -0.2) is 0 Å². The van der Waals surface area contributed by atoms with Gasteiger partial charge in [-0.2, -0.15) is 0 Å². The third-order valence-electron chi connectivity index (χ3n) is 5.12. The molecule has 0 bridgehead atoms. The third kappa shape index (κ3) is 5.14. The molecule has 0 unspecified atom stereocenters. The van der Waals surface area contributed by atoms with Crippen LogP contribution >= 0.6 is 11.6 Å². The minimum Gasteiger partial charge on any atom is -0.482 e. The molecule has 2 amide bonds. The van der Waals surface area contributed by atoms with Gasteiger partial charge in [0, 0.05) is 32.1 Å². The van der Waals surface area contributed by atoms with Gasteiger partial charge in [0.1, 0.15) is 5.75 Å². The lowest BCUT2D eigenvalue weighted by atomic mass is 9.94. The Hall–Kier alpha value is -1.79. The predicted octanol–water partition coefficient (Wildman–Crippen LogP) is 2.59. The molecule has 0 spiro atoms. The van der Waals surface area contributed by atoms with E-state index in [2.05, 4.69) is 0 Å². The van der Waals surface area contributed by atoms with Gasteiger partial charge in [0.25, 0.3) is 5.91 Å².